The Morgan fingerprint density at radius 1 is 1.09 bits per heavy atom. The molecule has 2 aromatic rings. The van der Waals surface area contributed by atoms with Crippen molar-refractivity contribution in [2.45, 2.75) is 44.7 Å². The van der Waals surface area contributed by atoms with E-state index < -0.39 is 5.82 Å². The predicted octanol–water partition coefficient (Wildman–Crippen LogP) is 4.55. The molecule has 0 bridgehead atoms. The quantitative estimate of drug-likeness (QED) is 0.693. The van der Waals surface area contributed by atoms with E-state index in [1.54, 1.807) is 17.0 Å². The third-order valence-corrected chi connectivity index (χ3v) is 6.87. The third-order valence-electron chi connectivity index (χ3n) is 6.87. The van der Waals surface area contributed by atoms with Gasteiger partial charge in [0.2, 0.25) is 0 Å². The molecule has 2 aromatic carbocycles. The summed E-state index contributed by atoms with van der Waals surface area (Å²) in [4.78, 5) is 29.4. The van der Waals surface area contributed by atoms with Crippen LogP contribution in [-0.2, 0) is 6.54 Å². The van der Waals surface area contributed by atoms with Gasteiger partial charge in [0.1, 0.15) is 11.6 Å². The second-order valence-corrected chi connectivity index (χ2v) is 8.92. The molecule has 0 unspecified atom stereocenters. The molecule has 8 heteroatoms. The summed E-state index contributed by atoms with van der Waals surface area (Å²) < 4.78 is 27.3. The van der Waals surface area contributed by atoms with E-state index in [0.717, 1.165) is 24.2 Å². The van der Waals surface area contributed by atoms with Gasteiger partial charge in [0.05, 0.1) is 5.54 Å². The third kappa shape index (κ3) is 4.65. The van der Waals surface area contributed by atoms with Gasteiger partial charge in [-0.15, -0.1) is 0 Å². The smallest absolute Gasteiger partial charge is 0.317 e. The van der Waals surface area contributed by atoms with Gasteiger partial charge in [0, 0.05) is 56.6 Å². The Morgan fingerprint density at radius 3 is 2.52 bits per heavy atom. The monoisotopic (exact) mass is 456 g/mol. The highest BCUT2D eigenvalue weighted by Crippen LogP contribution is 2.42. The summed E-state index contributed by atoms with van der Waals surface area (Å²) in [5, 5.41) is 6.14. The Morgan fingerprint density at radius 2 is 1.79 bits per heavy atom. The Balaban J connectivity index is 1.38. The number of benzene rings is 2. The van der Waals surface area contributed by atoms with E-state index in [1.807, 2.05) is 14.0 Å². The highest BCUT2D eigenvalue weighted by molar-refractivity contribution is 6.04. The maximum Gasteiger partial charge on any atom is 0.317 e. The molecule has 0 radical (unpaired) electrons. The van der Waals surface area contributed by atoms with E-state index in [1.165, 1.54) is 24.3 Å². The lowest BCUT2D eigenvalue weighted by Gasteiger charge is -2.50. The molecular formula is C25H30F2N4O2. The van der Waals surface area contributed by atoms with Crippen LogP contribution in [-0.4, -0.2) is 48.9 Å². The number of carbonyl (C=O) groups is 2. The van der Waals surface area contributed by atoms with Crippen LogP contribution in [0.25, 0.3) is 0 Å². The number of halogens is 2. The number of hydrogen-bond acceptors (Lipinski definition) is 4. The lowest BCUT2D eigenvalue weighted by molar-refractivity contribution is 0.0890. The number of ketones is 1. The van der Waals surface area contributed by atoms with Gasteiger partial charge < -0.3 is 20.4 Å². The molecule has 6 nitrogen and oxygen atoms in total. The predicted molar refractivity (Wildman–Crippen MR) is 125 cm³/mol. The van der Waals surface area contributed by atoms with E-state index in [9.17, 15) is 18.4 Å². The average Bonchev–Trinajstić information content (AvgIpc) is 2.81. The largest absolute Gasteiger partial charge is 0.385 e. The van der Waals surface area contributed by atoms with Crippen molar-refractivity contribution in [2.75, 3.05) is 36.9 Å². The number of nitrogens with one attached hydrogen (secondary N) is 2. The van der Waals surface area contributed by atoms with Crippen molar-refractivity contribution >= 4 is 23.2 Å². The summed E-state index contributed by atoms with van der Waals surface area (Å²) in [6.07, 6.45) is 2.53. The first-order chi connectivity index (χ1) is 15.8. The van der Waals surface area contributed by atoms with Crippen molar-refractivity contribution in [3.63, 3.8) is 0 Å². The minimum absolute atomic E-state index is 0.0519. The van der Waals surface area contributed by atoms with Crippen molar-refractivity contribution in [3.8, 4) is 0 Å². The van der Waals surface area contributed by atoms with Crippen LogP contribution < -0.4 is 15.5 Å². The van der Waals surface area contributed by atoms with Gasteiger partial charge in [-0.05, 0) is 55.2 Å². The minimum Gasteiger partial charge on any atom is -0.385 e. The van der Waals surface area contributed by atoms with Crippen molar-refractivity contribution in [1.82, 2.24) is 10.2 Å². The van der Waals surface area contributed by atoms with Crippen molar-refractivity contribution in [1.29, 1.82) is 0 Å². The lowest BCUT2D eigenvalue weighted by atomic mass is 9.77. The summed E-state index contributed by atoms with van der Waals surface area (Å²) in [7, 11) is 1.94. The number of nitrogens with zero attached hydrogens (tertiary/aromatic N) is 2. The number of Topliss-reactive ketones (excluding diaryl/α,β-unsaturated/α-hetero) is 1. The zero-order chi connectivity index (χ0) is 23.6. The summed E-state index contributed by atoms with van der Waals surface area (Å²) in [6, 6.07) is 8.69. The van der Waals surface area contributed by atoms with Gasteiger partial charge in [-0.1, -0.05) is 13.0 Å². The Labute approximate surface area is 192 Å². The first kappa shape index (κ1) is 23.0. The summed E-state index contributed by atoms with van der Waals surface area (Å²) in [5.74, 6) is -0.781. The molecule has 2 aliphatic rings. The fourth-order valence-electron chi connectivity index (χ4n) is 4.84. The van der Waals surface area contributed by atoms with Crippen LogP contribution >= 0.6 is 0 Å². The minimum atomic E-state index is -0.410. The number of amides is 2. The average molecular weight is 457 g/mol. The molecule has 2 aliphatic heterocycles. The van der Waals surface area contributed by atoms with E-state index in [2.05, 4.69) is 15.5 Å². The van der Waals surface area contributed by atoms with Crippen LogP contribution in [0.4, 0.5) is 25.0 Å². The molecule has 4 rings (SSSR count). The van der Waals surface area contributed by atoms with Crippen molar-refractivity contribution in [2.24, 2.45) is 0 Å². The maximum absolute atomic E-state index is 13.6. The fraction of sp³-hybridized carbons (Fsp3) is 0.440. The van der Waals surface area contributed by atoms with Crippen LogP contribution in [0.2, 0.25) is 0 Å². The van der Waals surface area contributed by atoms with Crippen LogP contribution in [0.15, 0.2) is 36.4 Å². The van der Waals surface area contributed by atoms with Gasteiger partial charge in [0.15, 0.2) is 5.78 Å². The molecule has 0 saturated carbocycles. The van der Waals surface area contributed by atoms with E-state index >= 15 is 0 Å². The molecule has 2 N–H and O–H groups in total. The van der Waals surface area contributed by atoms with Gasteiger partial charge in [-0.3, -0.25) is 4.79 Å². The van der Waals surface area contributed by atoms with E-state index in [0.29, 0.717) is 50.1 Å². The number of fused-ring (bicyclic) bond motifs is 1. The Hall–Kier alpha value is -3.16. The second-order valence-electron chi connectivity index (χ2n) is 8.92. The highest BCUT2D eigenvalue weighted by atomic mass is 19.1. The molecular weight excluding hydrogens is 426 g/mol. The molecule has 1 fully saturated rings. The summed E-state index contributed by atoms with van der Waals surface area (Å²) in [6.45, 7) is 4.09. The zero-order valence-electron chi connectivity index (χ0n) is 19.1. The Bertz CT molecular complexity index is 1050. The number of piperidine rings is 1. The maximum atomic E-state index is 13.6. The molecule has 176 valence electrons. The van der Waals surface area contributed by atoms with Crippen molar-refractivity contribution < 1.29 is 18.4 Å². The second kappa shape index (κ2) is 9.37. The zero-order valence-corrected chi connectivity index (χ0v) is 19.1. The highest BCUT2D eigenvalue weighted by Gasteiger charge is 2.45. The first-order valence-electron chi connectivity index (χ1n) is 11.4. The van der Waals surface area contributed by atoms with Gasteiger partial charge in [-0.25, -0.2) is 13.6 Å². The normalized spacial score (nSPS) is 17.2. The molecule has 2 amide bonds. The Kier molecular flexibility index (Phi) is 6.54. The molecule has 0 aromatic heterocycles. The number of likely N-dealkylation sites (tertiary alicyclic amines) is 1. The van der Waals surface area contributed by atoms with E-state index in [-0.39, 0.29) is 23.2 Å². The number of hydrogen-bond donors (Lipinski definition) is 2. The van der Waals surface area contributed by atoms with Crippen LogP contribution in [0.1, 0.15) is 48.5 Å². The molecule has 0 aliphatic carbocycles. The molecule has 1 spiro atoms. The van der Waals surface area contributed by atoms with Crippen molar-refractivity contribution in [3.05, 3.63) is 59.2 Å². The number of urea groups is 1. The van der Waals surface area contributed by atoms with Crippen LogP contribution in [0, 0.1) is 11.6 Å². The first-order valence-corrected chi connectivity index (χ1v) is 11.4. The molecule has 1 saturated heterocycles. The van der Waals surface area contributed by atoms with Gasteiger partial charge in [0.25, 0.3) is 0 Å². The number of carbonyl (C=O) groups excluding carboxylic acids is 2. The fourth-order valence-corrected chi connectivity index (χ4v) is 4.84. The van der Waals surface area contributed by atoms with Gasteiger partial charge in [-0.2, -0.15) is 0 Å². The molecule has 2 heterocycles. The molecule has 33 heavy (non-hydrogen) atoms. The van der Waals surface area contributed by atoms with E-state index in [4.69, 9.17) is 0 Å². The van der Waals surface area contributed by atoms with Crippen LogP contribution in [0.3, 0.4) is 0 Å². The standard InChI is InChI=1S/C25H30F2N4O2/c1-3-10-28-21-14-19(27)5-4-17(21)16-29-24(33)31-11-8-25(9-12-31)15-23(32)20-13-18(26)6-7-22(20)30(25)2/h4-7,13-14,28H,3,8-12,15-16H2,1-2H3,(H,29,33). The molecule has 0 atom stereocenters. The number of rotatable bonds is 5. The lowest BCUT2D eigenvalue weighted by Crippen LogP contribution is -2.59. The number of anilines is 2. The van der Waals surface area contributed by atoms with Gasteiger partial charge >= 0.3 is 6.03 Å². The SMILES string of the molecule is CCCNc1cc(F)ccc1CNC(=O)N1CCC2(CC1)CC(=O)c1cc(F)ccc1N2C. The topological polar surface area (TPSA) is 64.7 Å². The summed E-state index contributed by atoms with van der Waals surface area (Å²) >= 11 is 0. The van der Waals surface area contributed by atoms with Crippen LogP contribution in [0.5, 0.6) is 0 Å². The summed E-state index contributed by atoms with van der Waals surface area (Å²) in [5.41, 5.74) is 2.32.